The molecule has 24 bridgehead atoms. The maximum Gasteiger partial charge on any atom is 0.123 e. The van der Waals surface area contributed by atoms with E-state index in [0.717, 1.165) is 177 Å². The van der Waals surface area contributed by atoms with Gasteiger partial charge in [-0.1, -0.05) is 48.5 Å². The van der Waals surface area contributed by atoms with Gasteiger partial charge in [-0.05, 0) is 183 Å². The Hall–Kier alpha value is -8.88. The molecule has 0 amide bonds. The highest BCUT2D eigenvalue weighted by molar-refractivity contribution is 6.08. The first-order chi connectivity index (χ1) is 37.3. The Morgan fingerprint density at radius 2 is 0.303 bits per heavy atom. The summed E-state index contributed by atoms with van der Waals surface area (Å²) in [5, 5.41) is 17.6. The first kappa shape index (κ1) is 46.9. The summed E-state index contributed by atoms with van der Waals surface area (Å²) >= 11 is 0. The molecule has 8 heteroatoms. The van der Waals surface area contributed by atoms with E-state index in [2.05, 4.69) is 146 Å². The van der Waals surface area contributed by atoms with Crippen molar-refractivity contribution >= 4 is 86.2 Å². The smallest absolute Gasteiger partial charge is 0.123 e. The Balaban J connectivity index is 1.13. The van der Waals surface area contributed by atoms with Gasteiger partial charge in [0, 0.05) is 70.2 Å². The SMILES string of the molecule is COc1ccc2cc3c4c(OC)ccc3cc2c1Cc1c(OC)ccc2cc3c(c(OC)ccc3cc12)Cc1c(OC)ccc2cc3c(c(OC)ccc3cc12)Cc1c(OC)ccc2cc3c(c(OC)ccc3cc12)C4. The molecule has 24 rings (SSSR count). The van der Waals surface area contributed by atoms with Gasteiger partial charge in [-0.2, -0.15) is 0 Å². The second kappa shape index (κ2) is 18.5. The highest BCUT2D eigenvalue weighted by Crippen LogP contribution is 2.46. The minimum Gasteiger partial charge on any atom is -0.496 e. The van der Waals surface area contributed by atoms with E-state index in [9.17, 15) is 0 Å². The molecule has 0 fully saturated rings. The quantitative estimate of drug-likeness (QED) is 0.139. The van der Waals surface area contributed by atoms with Crippen molar-refractivity contribution in [2.45, 2.75) is 25.7 Å². The Kier molecular flexibility index (Phi) is 11.4. The maximum absolute atomic E-state index is 6.22. The molecule has 0 N–H and O–H groups in total. The molecule has 376 valence electrons. The normalized spacial score (nSPS) is 12.5. The average Bonchev–Trinajstić information content (AvgIpc) is 3.45. The molecule has 12 aromatic rings. The first-order valence-corrected chi connectivity index (χ1v) is 25.6. The van der Waals surface area contributed by atoms with Gasteiger partial charge in [0.25, 0.3) is 0 Å². The van der Waals surface area contributed by atoms with Crippen molar-refractivity contribution < 1.29 is 37.9 Å². The van der Waals surface area contributed by atoms with Crippen LogP contribution in [0.3, 0.4) is 0 Å². The summed E-state index contributed by atoms with van der Waals surface area (Å²) in [5.41, 5.74) is 8.62. The molecule has 0 radical (unpaired) electrons. The van der Waals surface area contributed by atoms with Gasteiger partial charge >= 0.3 is 0 Å². The van der Waals surface area contributed by atoms with Crippen LogP contribution in [0.25, 0.3) is 86.2 Å². The summed E-state index contributed by atoms with van der Waals surface area (Å²) in [7, 11) is 14.0. The zero-order valence-electron chi connectivity index (χ0n) is 44.0. The van der Waals surface area contributed by atoms with E-state index in [1.165, 1.54) is 0 Å². The first-order valence-electron chi connectivity index (χ1n) is 25.6. The highest BCUT2D eigenvalue weighted by atomic mass is 16.5. The van der Waals surface area contributed by atoms with Crippen LogP contribution in [0.4, 0.5) is 0 Å². The fraction of sp³-hybridized carbons (Fsp3) is 0.176. The van der Waals surface area contributed by atoms with Crippen molar-refractivity contribution in [3.05, 3.63) is 190 Å². The molecule has 0 saturated carbocycles. The molecule has 0 saturated heterocycles. The molecule has 0 atom stereocenters. The zero-order chi connectivity index (χ0) is 51.9. The molecule has 12 aromatic carbocycles. The van der Waals surface area contributed by atoms with Crippen LogP contribution in [0.1, 0.15) is 44.5 Å². The number of hydrogen-bond donors (Lipinski definition) is 0. The lowest BCUT2D eigenvalue weighted by Gasteiger charge is -2.21. The maximum atomic E-state index is 6.22. The van der Waals surface area contributed by atoms with Crippen LogP contribution in [0.2, 0.25) is 0 Å². The van der Waals surface area contributed by atoms with Crippen molar-refractivity contribution in [3.8, 4) is 46.0 Å². The van der Waals surface area contributed by atoms with Crippen molar-refractivity contribution in [1.82, 2.24) is 0 Å². The lowest BCUT2D eigenvalue weighted by Crippen LogP contribution is -2.02. The van der Waals surface area contributed by atoms with E-state index in [4.69, 9.17) is 37.9 Å². The van der Waals surface area contributed by atoms with Gasteiger partial charge in [0.2, 0.25) is 0 Å². The van der Waals surface area contributed by atoms with E-state index in [0.29, 0.717) is 25.7 Å². The van der Waals surface area contributed by atoms with Crippen LogP contribution in [0.5, 0.6) is 46.0 Å². The van der Waals surface area contributed by atoms with Gasteiger partial charge in [0.1, 0.15) is 46.0 Å². The van der Waals surface area contributed by atoms with Gasteiger partial charge in [-0.3, -0.25) is 0 Å². The van der Waals surface area contributed by atoms with Crippen LogP contribution in [-0.4, -0.2) is 56.9 Å². The predicted octanol–water partition coefficient (Wildman–Crippen LogP) is 15.7. The van der Waals surface area contributed by atoms with Crippen molar-refractivity contribution in [2.75, 3.05) is 56.9 Å². The summed E-state index contributed by atoms with van der Waals surface area (Å²) < 4.78 is 49.8. The Labute approximate surface area is 440 Å². The summed E-state index contributed by atoms with van der Waals surface area (Å²) in [6.07, 6.45) is 2.25. The zero-order valence-corrected chi connectivity index (χ0v) is 44.0. The number of hydrogen-bond acceptors (Lipinski definition) is 8. The molecule has 8 nitrogen and oxygen atoms in total. The number of rotatable bonds is 8. The number of ether oxygens (including phenoxy) is 8. The van der Waals surface area contributed by atoms with Gasteiger partial charge in [-0.25, -0.2) is 0 Å². The van der Waals surface area contributed by atoms with Gasteiger partial charge < -0.3 is 37.9 Å². The van der Waals surface area contributed by atoms with E-state index >= 15 is 0 Å². The van der Waals surface area contributed by atoms with Crippen molar-refractivity contribution in [2.24, 2.45) is 0 Å². The Morgan fingerprint density at radius 3 is 0.408 bits per heavy atom. The van der Waals surface area contributed by atoms with Crippen LogP contribution >= 0.6 is 0 Å². The van der Waals surface area contributed by atoms with Gasteiger partial charge in [0.05, 0.1) is 56.9 Å². The molecule has 0 spiro atoms. The second-order valence-electron chi connectivity index (χ2n) is 19.9. The van der Waals surface area contributed by atoms with Crippen LogP contribution < -0.4 is 37.9 Å². The third-order valence-electron chi connectivity index (χ3n) is 16.4. The largest absolute Gasteiger partial charge is 0.496 e. The van der Waals surface area contributed by atoms with Crippen molar-refractivity contribution in [3.63, 3.8) is 0 Å². The minimum atomic E-state index is 0.563. The van der Waals surface area contributed by atoms with E-state index in [-0.39, 0.29) is 0 Å². The Morgan fingerprint density at radius 1 is 0.184 bits per heavy atom. The van der Waals surface area contributed by atoms with Crippen LogP contribution in [0, 0.1) is 0 Å². The number of benzene rings is 12. The highest BCUT2D eigenvalue weighted by Gasteiger charge is 2.24. The minimum absolute atomic E-state index is 0.563. The lowest BCUT2D eigenvalue weighted by atomic mass is 9.87. The molecule has 76 heavy (non-hydrogen) atoms. The van der Waals surface area contributed by atoms with Gasteiger partial charge in [-0.15, -0.1) is 0 Å². The Bertz CT molecular complexity index is 3560. The fourth-order valence-electron chi connectivity index (χ4n) is 12.6. The molecular formula is C68H56O8. The van der Waals surface area contributed by atoms with Gasteiger partial charge in [0.15, 0.2) is 0 Å². The summed E-state index contributed by atoms with van der Waals surface area (Å²) in [4.78, 5) is 0. The van der Waals surface area contributed by atoms with Crippen LogP contribution in [0.15, 0.2) is 146 Å². The molecule has 0 aromatic heterocycles. The third-order valence-corrected chi connectivity index (χ3v) is 16.4. The monoisotopic (exact) mass is 1000 g/mol. The van der Waals surface area contributed by atoms with Crippen molar-refractivity contribution in [1.29, 1.82) is 0 Å². The summed E-state index contributed by atoms with van der Waals surface area (Å²) in [6, 6.07) is 52.6. The topological polar surface area (TPSA) is 73.8 Å². The molecule has 12 aliphatic carbocycles. The molecule has 0 unspecified atom stereocenters. The van der Waals surface area contributed by atoms with Crippen LogP contribution in [-0.2, 0) is 25.7 Å². The molecule has 0 heterocycles. The summed E-state index contributed by atoms with van der Waals surface area (Å²) in [6.45, 7) is 0. The molecule has 0 aliphatic heterocycles. The predicted molar refractivity (Wildman–Crippen MR) is 309 cm³/mol. The summed E-state index contributed by atoms with van der Waals surface area (Å²) in [5.74, 6) is 6.50. The van der Waals surface area contributed by atoms with E-state index in [1.807, 2.05) is 0 Å². The van der Waals surface area contributed by atoms with E-state index in [1.54, 1.807) is 56.9 Å². The molecule has 12 aliphatic rings. The lowest BCUT2D eigenvalue weighted by molar-refractivity contribution is 0.406. The van der Waals surface area contributed by atoms with E-state index < -0.39 is 0 Å². The molecular weight excluding hydrogens is 945 g/mol. The average molecular weight is 1000 g/mol. The standard InChI is InChI=1S/C68H56O8/c1-69-61-17-9-37-26-47-38-10-19-63(71-3)55(47)34-56-49-29-42-14-23-67(75-7)59(51(42)30-41(49)13-21-65(56)73-5)36-60-52-32-43-15-22-66(74-6)58(50(43)31-44(52)16-24-68(60)76-8)35-57-48-28-39-11-18-62(70-2)54(33-53(61)45(37)25-38)46(39)27-40(48)12-20-64(57)72-4/h9-32H,33-36H2,1-8H3. The second-order valence-corrected chi connectivity index (χ2v) is 19.9. The number of methoxy groups -OCH3 is 8. The third kappa shape index (κ3) is 7.33. The fourth-order valence-corrected chi connectivity index (χ4v) is 12.6.